The van der Waals surface area contributed by atoms with Crippen molar-refractivity contribution >= 4 is 6.03 Å². The topological polar surface area (TPSA) is 56.4 Å². The van der Waals surface area contributed by atoms with Gasteiger partial charge in [-0.25, -0.2) is 10.2 Å². The van der Waals surface area contributed by atoms with E-state index in [-0.39, 0.29) is 12.2 Å². The maximum Gasteiger partial charge on any atom is 0.318 e. The number of urea groups is 1. The minimum Gasteiger partial charge on any atom is -0.335 e. The van der Waals surface area contributed by atoms with Crippen LogP contribution in [-0.4, -0.2) is 36.2 Å². The average Bonchev–Trinajstić information content (AvgIpc) is 2.30. The van der Waals surface area contributed by atoms with Crippen LogP contribution in [0.15, 0.2) is 0 Å². The molecule has 3 fully saturated rings. The summed E-state index contributed by atoms with van der Waals surface area (Å²) in [5.74, 6) is 1.28. The summed E-state index contributed by atoms with van der Waals surface area (Å²) >= 11 is 0. The normalized spacial score (nSPS) is 42.6. The smallest absolute Gasteiger partial charge is 0.318 e. The zero-order valence-electron chi connectivity index (χ0n) is 9.70. The van der Waals surface area contributed by atoms with Crippen molar-refractivity contribution in [3.8, 4) is 0 Å². The molecule has 3 aliphatic rings. The lowest BCUT2D eigenvalue weighted by molar-refractivity contribution is -0.00773. The fourth-order valence-electron chi connectivity index (χ4n) is 3.58. The highest BCUT2D eigenvalue weighted by Crippen LogP contribution is 2.37. The van der Waals surface area contributed by atoms with Crippen molar-refractivity contribution < 1.29 is 4.79 Å². The van der Waals surface area contributed by atoms with E-state index in [1.807, 2.05) is 11.8 Å². The molecule has 2 saturated heterocycles. The summed E-state index contributed by atoms with van der Waals surface area (Å²) < 4.78 is 0. The monoisotopic (exact) mass is 224 g/mol. The molecule has 0 radical (unpaired) electrons. The number of hydrazine groups is 1. The highest BCUT2D eigenvalue weighted by atomic mass is 16.2. The summed E-state index contributed by atoms with van der Waals surface area (Å²) in [7, 11) is 0. The molecule has 2 amide bonds. The van der Waals surface area contributed by atoms with Crippen molar-refractivity contribution in [1.82, 2.24) is 21.1 Å². The molecule has 1 saturated carbocycles. The zero-order chi connectivity index (χ0) is 11.1. The van der Waals surface area contributed by atoms with Gasteiger partial charge in [0.05, 0.1) is 0 Å². The van der Waals surface area contributed by atoms with Crippen LogP contribution in [0.2, 0.25) is 0 Å². The Hall–Kier alpha value is -0.810. The molecule has 0 aromatic carbocycles. The molecule has 16 heavy (non-hydrogen) atoms. The molecule has 4 unspecified atom stereocenters. The van der Waals surface area contributed by atoms with Crippen LogP contribution in [0, 0.1) is 11.8 Å². The average molecular weight is 224 g/mol. The third-order valence-electron chi connectivity index (χ3n) is 4.32. The molecule has 4 atom stereocenters. The van der Waals surface area contributed by atoms with Crippen molar-refractivity contribution in [2.75, 3.05) is 13.1 Å². The lowest BCUT2D eigenvalue weighted by Crippen LogP contribution is -2.73. The number of nitrogens with zero attached hydrogens (tertiary/aromatic N) is 1. The minimum atomic E-state index is 0.0885. The van der Waals surface area contributed by atoms with Crippen LogP contribution in [-0.2, 0) is 0 Å². The fourth-order valence-corrected chi connectivity index (χ4v) is 3.58. The molecule has 1 aliphatic carbocycles. The Morgan fingerprint density at radius 3 is 3.12 bits per heavy atom. The van der Waals surface area contributed by atoms with Crippen molar-refractivity contribution in [2.24, 2.45) is 11.8 Å². The van der Waals surface area contributed by atoms with E-state index in [0.717, 1.165) is 19.5 Å². The third-order valence-corrected chi connectivity index (χ3v) is 4.32. The van der Waals surface area contributed by atoms with Gasteiger partial charge in [0.25, 0.3) is 0 Å². The van der Waals surface area contributed by atoms with Gasteiger partial charge in [0, 0.05) is 25.0 Å². The van der Waals surface area contributed by atoms with E-state index >= 15 is 0 Å². The van der Waals surface area contributed by atoms with Gasteiger partial charge in [-0.05, 0) is 25.7 Å². The summed E-state index contributed by atoms with van der Waals surface area (Å²) in [5.41, 5.74) is 6.55. The molecule has 0 bridgehead atoms. The van der Waals surface area contributed by atoms with E-state index in [9.17, 15) is 4.79 Å². The SMILES string of the molecule is CCN1C(=O)NC2CCCC3CNNC1C32. The minimum absolute atomic E-state index is 0.0885. The zero-order valence-corrected chi connectivity index (χ0v) is 9.70. The van der Waals surface area contributed by atoms with Crippen molar-refractivity contribution in [2.45, 2.75) is 38.4 Å². The van der Waals surface area contributed by atoms with Gasteiger partial charge in [-0.1, -0.05) is 6.42 Å². The first-order valence-electron chi connectivity index (χ1n) is 6.36. The van der Waals surface area contributed by atoms with Gasteiger partial charge in [-0.15, -0.1) is 0 Å². The highest BCUT2D eigenvalue weighted by Gasteiger charge is 2.48. The van der Waals surface area contributed by atoms with Gasteiger partial charge in [0.1, 0.15) is 6.17 Å². The molecule has 0 aromatic rings. The predicted molar refractivity (Wildman–Crippen MR) is 60.5 cm³/mol. The second-order valence-electron chi connectivity index (χ2n) is 5.08. The number of nitrogens with one attached hydrogen (secondary N) is 3. The Balaban J connectivity index is 1.88. The Kier molecular flexibility index (Phi) is 2.52. The van der Waals surface area contributed by atoms with Gasteiger partial charge in [-0.2, -0.15) is 0 Å². The summed E-state index contributed by atoms with van der Waals surface area (Å²) in [6, 6.07) is 0.472. The van der Waals surface area contributed by atoms with Crippen molar-refractivity contribution in [3.63, 3.8) is 0 Å². The highest BCUT2D eigenvalue weighted by molar-refractivity contribution is 5.76. The van der Waals surface area contributed by atoms with E-state index < -0.39 is 0 Å². The maximum absolute atomic E-state index is 11.9. The summed E-state index contributed by atoms with van der Waals surface area (Å²) in [6.07, 6.45) is 3.86. The number of hydrogen-bond donors (Lipinski definition) is 3. The van der Waals surface area contributed by atoms with E-state index in [1.165, 1.54) is 12.8 Å². The molecule has 2 aliphatic heterocycles. The van der Waals surface area contributed by atoms with Crippen LogP contribution < -0.4 is 16.2 Å². The van der Waals surface area contributed by atoms with Gasteiger partial charge in [-0.3, -0.25) is 5.43 Å². The Morgan fingerprint density at radius 2 is 2.31 bits per heavy atom. The summed E-state index contributed by atoms with van der Waals surface area (Å²) in [4.78, 5) is 13.8. The second-order valence-corrected chi connectivity index (χ2v) is 5.08. The third kappa shape index (κ3) is 1.42. The Bertz CT molecular complexity index is 294. The van der Waals surface area contributed by atoms with Crippen LogP contribution in [0.1, 0.15) is 26.2 Å². The second kappa shape index (κ2) is 3.89. The lowest BCUT2D eigenvalue weighted by Gasteiger charge is -2.53. The molecule has 3 N–H and O–H groups in total. The Morgan fingerprint density at radius 1 is 1.44 bits per heavy atom. The van der Waals surface area contributed by atoms with Gasteiger partial charge in [0.2, 0.25) is 0 Å². The molecular weight excluding hydrogens is 204 g/mol. The molecule has 2 heterocycles. The number of hydrogen-bond acceptors (Lipinski definition) is 3. The Labute approximate surface area is 95.9 Å². The molecule has 5 heteroatoms. The molecule has 3 rings (SSSR count). The first-order chi connectivity index (χ1) is 7.81. The van der Waals surface area contributed by atoms with Crippen LogP contribution in [0.3, 0.4) is 0 Å². The van der Waals surface area contributed by atoms with Crippen LogP contribution in [0.25, 0.3) is 0 Å². The first kappa shape index (κ1) is 10.4. The first-order valence-corrected chi connectivity index (χ1v) is 6.36. The molecule has 0 aromatic heterocycles. The maximum atomic E-state index is 11.9. The predicted octanol–water partition coefficient (Wildman–Crippen LogP) is 0.250. The van der Waals surface area contributed by atoms with Gasteiger partial charge in [0.15, 0.2) is 0 Å². The van der Waals surface area contributed by atoms with Crippen LogP contribution in [0.4, 0.5) is 4.79 Å². The quantitative estimate of drug-likeness (QED) is 0.598. The van der Waals surface area contributed by atoms with E-state index in [1.54, 1.807) is 0 Å². The number of carbonyl (C=O) groups is 1. The molecule has 0 spiro atoms. The van der Waals surface area contributed by atoms with Crippen LogP contribution in [0.5, 0.6) is 0 Å². The number of rotatable bonds is 1. The van der Waals surface area contributed by atoms with Gasteiger partial charge >= 0.3 is 6.03 Å². The number of amides is 2. The van der Waals surface area contributed by atoms with Crippen molar-refractivity contribution in [1.29, 1.82) is 0 Å². The van der Waals surface area contributed by atoms with E-state index in [4.69, 9.17) is 0 Å². The summed E-state index contributed by atoms with van der Waals surface area (Å²) in [5, 5.41) is 3.17. The van der Waals surface area contributed by atoms with Gasteiger partial charge < -0.3 is 10.2 Å². The van der Waals surface area contributed by atoms with Crippen molar-refractivity contribution in [3.05, 3.63) is 0 Å². The molecule has 90 valence electrons. The fraction of sp³-hybridized carbons (Fsp3) is 0.909. The van der Waals surface area contributed by atoms with E-state index in [2.05, 4.69) is 16.2 Å². The number of carbonyl (C=O) groups excluding carboxylic acids is 1. The van der Waals surface area contributed by atoms with E-state index in [0.29, 0.717) is 17.9 Å². The summed E-state index contributed by atoms with van der Waals surface area (Å²) in [6.45, 7) is 3.83. The standard InChI is InChI=1S/C11H20N4O/c1-2-15-10-9-7(6-12-14-10)4-3-5-8(9)13-11(15)16/h7-10,12,14H,2-6H2,1H3,(H,13,16). The lowest BCUT2D eigenvalue weighted by atomic mass is 9.72. The largest absolute Gasteiger partial charge is 0.335 e. The van der Waals surface area contributed by atoms with Crippen LogP contribution >= 0.6 is 0 Å². The molecular formula is C11H20N4O. The molecule has 5 nitrogen and oxygen atoms in total.